The van der Waals surface area contributed by atoms with Crippen molar-refractivity contribution in [2.45, 2.75) is 32.2 Å². The van der Waals surface area contributed by atoms with E-state index in [1.807, 2.05) is 6.92 Å². The monoisotopic (exact) mass is 224 g/mol. The molecule has 1 atom stereocenters. The van der Waals surface area contributed by atoms with Gasteiger partial charge in [0.1, 0.15) is 6.61 Å². The second kappa shape index (κ2) is 8.55. The SMILES string of the molecule is CCC(N)CNC(=O)CCOCC(F)F. The maximum atomic E-state index is 11.6. The Hall–Kier alpha value is -0.750. The lowest BCUT2D eigenvalue weighted by Crippen LogP contribution is -2.37. The second-order valence-electron chi connectivity index (χ2n) is 3.19. The molecule has 0 aromatic heterocycles. The number of ether oxygens (including phenoxy) is 1. The number of rotatable bonds is 8. The molecule has 6 heteroatoms. The number of nitrogens with two attached hydrogens (primary N) is 1. The number of carbonyl (C=O) groups is 1. The number of alkyl halides is 2. The van der Waals surface area contributed by atoms with E-state index in [0.29, 0.717) is 6.54 Å². The van der Waals surface area contributed by atoms with E-state index in [9.17, 15) is 13.6 Å². The fraction of sp³-hybridized carbons (Fsp3) is 0.889. The lowest BCUT2D eigenvalue weighted by molar-refractivity contribution is -0.122. The Morgan fingerprint density at radius 3 is 2.73 bits per heavy atom. The summed E-state index contributed by atoms with van der Waals surface area (Å²) in [5, 5.41) is 2.59. The summed E-state index contributed by atoms with van der Waals surface area (Å²) in [4.78, 5) is 11.1. The zero-order valence-corrected chi connectivity index (χ0v) is 8.84. The topological polar surface area (TPSA) is 64.3 Å². The molecule has 0 fully saturated rings. The minimum atomic E-state index is -2.48. The van der Waals surface area contributed by atoms with E-state index >= 15 is 0 Å². The van der Waals surface area contributed by atoms with Gasteiger partial charge in [-0.15, -0.1) is 0 Å². The van der Waals surface area contributed by atoms with Crippen LogP contribution < -0.4 is 11.1 Å². The van der Waals surface area contributed by atoms with Crippen LogP contribution in [0.1, 0.15) is 19.8 Å². The zero-order valence-electron chi connectivity index (χ0n) is 8.84. The lowest BCUT2D eigenvalue weighted by atomic mass is 10.2. The highest BCUT2D eigenvalue weighted by Crippen LogP contribution is 1.93. The summed E-state index contributed by atoms with van der Waals surface area (Å²) in [7, 11) is 0. The van der Waals surface area contributed by atoms with Crippen molar-refractivity contribution < 1.29 is 18.3 Å². The first-order valence-corrected chi connectivity index (χ1v) is 4.94. The van der Waals surface area contributed by atoms with Crippen LogP contribution in [0.2, 0.25) is 0 Å². The van der Waals surface area contributed by atoms with Gasteiger partial charge in [0.2, 0.25) is 5.91 Å². The van der Waals surface area contributed by atoms with Crippen molar-refractivity contribution in [3.8, 4) is 0 Å². The van der Waals surface area contributed by atoms with Crippen LogP contribution in [0.4, 0.5) is 8.78 Å². The van der Waals surface area contributed by atoms with Gasteiger partial charge in [0, 0.05) is 19.0 Å². The van der Waals surface area contributed by atoms with E-state index in [2.05, 4.69) is 10.1 Å². The molecular formula is C9H18F2N2O2. The number of nitrogens with one attached hydrogen (secondary N) is 1. The van der Waals surface area contributed by atoms with Crippen LogP contribution >= 0.6 is 0 Å². The Balaban J connectivity index is 3.34. The van der Waals surface area contributed by atoms with Gasteiger partial charge in [0.25, 0.3) is 6.43 Å². The van der Waals surface area contributed by atoms with Crippen LogP contribution in [0.15, 0.2) is 0 Å². The molecule has 0 bridgehead atoms. The van der Waals surface area contributed by atoms with Gasteiger partial charge < -0.3 is 15.8 Å². The van der Waals surface area contributed by atoms with Crippen molar-refractivity contribution in [3.05, 3.63) is 0 Å². The van der Waals surface area contributed by atoms with Gasteiger partial charge in [-0.3, -0.25) is 4.79 Å². The molecule has 1 amide bonds. The molecule has 0 heterocycles. The van der Waals surface area contributed by atoms with Crippen LogP contribution in [-0.2, 0) is 9.53 Å². The molecule has 0 spiro atoms. The van der Waals surface area contributed by atoms with E-state index in [-0.39, 0.29) is 25.0 Å². The summed E-state index contributed by atoms with van der Waals surface area (Å²) in [5.41, 5.74) is 5.57. The number of hydrogen-bond donors (Lipinski definition) is 2. The molecule has 0 rings (SSSR count). The third kappa shape index (κ3) is 9.55. The molecule has 3 N–H and O–H groups in total. The summed E-state index contributed by atoms with van der Waals surface area (Å²) in [5.74, 6) is -0.229. The highest BCUT2D eigenvalue weighted by Gasteiger charge is 2.05. The molecular weight excluding hydrogens is 206 g/mol. The minimum Gasteiger partial charge on any atom is -0.375 e. The summed E-state index contributed by atoms with van der Waals surface area (Å²) in [6.45, 7) is 1.71. The van der Waals surface area contributed by atoms with Crippen molar-refractivity contribution in [2.24, 2.45) is 5.73 Å². The van der Waals surface area contributed by atoms with Crippen molar-refractivity contribution in [3.63, 3.8) is 0 Å². The Morgan fingerprint density at radius 1 is 1.53 bits per heavy atom. The molecule has 0 aromatic rings. The van der Waals surface area contributed by atoms with Gasteiger partial charge in [0.05, 0.1) is 6.61 Å². The van der Waals surface area contributed by atoms with Crippen LogP contribution in [0.25, 0.3) is 0 Å². The number of carbonyl (C=O) groups excluding carboxylic acids is 1. The molecule has 0 saturated heterocycles. The zero-order chi connectivity index (χ0) is 11.7. The highest BCUT2D eigenvalue weighted by molar-refractivity contribution is 5.75. The van der Waals surface area contributed by atoms with E-state index < -0.39 is 13.0 Å². The summed E-state index contributed by atoms with van der Waals surface area (Å²) in [6.07, 6.45) is -1.62. The fourth-order valence-electron chi connectivity index (χ4n) is 0.815. The number of hydrogen-bond acceptors (Lipinski definition) is 3. The molecule has 0 aliphatic heterocycles. The van der Waals surface area contributed by atoms with E-state index in [4.69, 9.17) is 5.73 Å². The minimum absolute atomic E-state index is 0.0114. The maximum absolute atomic E-state index is 11.6. The van der Waals surface area contributed by atoms with Gasteiger partial charge in [-0.1, -0.05) is 6.92 Å². The van der Waals surface area contributed by atoms with Gasteiger partial charge in [0.15, 0.2) is 0 Å². The summed E-state index contributed by atoms with van der Waals surface area (Å²) in [6, 6.07) is -0.0593. The Labute approximate surface area is 88.2 Å². The molecule has 90 valence electrons. The molecule has 4 nitrogen and oxygen atoms in total. The van der Waals surface area contributed by atoms with Crippen molar-refractivity contribution in [1.29, 1.82) is 0 Å². The first-order valence-electron chi connectivity index (χ1n) is 4.94. The summed E-state index contributed by atoms with van der Waals surface area (Å²) >= 11 is 0. The maximum Gasteiger partial charge on any atom is 0.261 e. The lowest BCUT2D eigenvalue weighted by Gasteiger charge is -2.10. The largest absolute Gasteiger partial charge is 0.375 e. The van der Waals surface area contributed by atoms with Crippen LogP contribution in [0, 0.1) is 0 Å². The molecule has 1 unspecified atom stereocenters. The average Bonchev–Trinajstić information content (AvgIpc) is 2.20. The van der Waals surface area contributed by atoms with Crippen LogP contribution in [0.5, 0.6) is 0 Å². The van der Waals surface area contributed by atoms with Crippen molar-refractivity contribution in [1.82, 2.24) is 5.32 Å². The quantitative estimate of drug-likeness (QED) is 0.590. The Kier molecular flexibility index (Phi) is 8.12. The molecule has 0 aliphatic rings. The van der Waals surface area contributed by atoms with Crippen molar-refractivity contribution in [2.75, 3.05) is 19.8 Å². The number of halogens is 2. The Bertz CT molecular complexity index is 179. The highest BCUT2D eigenvalue weighted by atomic mass is 19.3. The molecule has 15 heavy (non-hydrogen) atoms. The van der Waals surface area contributed by atoms with E-state index in [1.54, 1.807) is 0 Å². The van der Waals surface area contributed by atoms with Crippen LogP contribution in [-0.4, -0.2) is 38.1 Å². The van der Waals surface area contributed by atoms with Crippen LogP contribution in [0.3, 0.4) is 0 Å². The molecule has 0 aromatic carbocycles. The molecule has 0 radical (unpaired) electrons. The predicted molar refractivity (Wildman–Crippen MR) is 52.7 cm³/mol. The normalized spacial score (nSPS) is 12.9. The van der Waals surface area contributed by atoms with E-state index in [1.165, 1.54) is 0 Å². The van der Waals surface area contributed by atoms with Gasteiger partial charge in [-0.25, -0.2) is 8.78 Å². The smallest absolute Gasteiger partial charge is 0.261 e. The third-order valence-corrected chi connectivity index (χ3v) is 1.80. The van der Waals surface area contributed by atoms with Gasteiger partial charge in [-0.2, -0.15) is 0 Å². The first-order chi connectivity index (χ1) is 7.06. The van der Waals surface area contributed by atoms with E-state index in [0.717, 1.165) is 6.42 Å². The first kappa shape index (κ1) is 14.2. The standard InChI is InChI=1S/C9H18F2N2O2/c1-2-7(12)5-13-9(14)3-4-15-6-8(10)11/h7-8H,2-6,12H2,1H3,(H,13,14). The molecule has 0 saturated carbocycles. The Morgan fingerprint density at radius 2 is 2.20 bits per heavy atom. The second-order valence-corrected chi connectivity index (χ2v) is 3.19. The summed E-state index contributed by atoms with van der Waals surface area (Å²) < 4.78 is 27.8. The number of amides is 1. The third-order valence-electron chi connectivity index (χ3n) is 1.80. The van der Waals surface area contributed by atoms with Crippen molar-refractivity contribution >= 4 is 5.91 Å². The van der Waals surface area contributed by atoms with Gasteiger partial charge in [-0.05, 0) is 6.42 Å². The average molecular weight is 224 g/mol. The molecule has 0 aliphatic carbocycles. The van der Waals surface area contributed by atoms with Gasteiger partial charge >= 0.3 is 0 Å². The predicted octanol–water partition coefficient (Wildman–Crippen LogP) is 0.512. The fourth-order valence-corrected chi connectivity index (χ4v) is 0.815.